The van der Waals surface area contributed by atoms with Crippen molar-refractivity contribution in [1.82, 2.24) is 0 Å². The van der Waals surface area contributed by atoms with Crippen LogP contribution in [0.15, 0.2) is 71.6 Å². The largest absolute Gasteiger partial charge is 0.482 e. The molecule has 3 nitrogen and oxygen atoms in total. The number of rotatable bonds is 9. The lowest BCUT2D eigenvalue weighted by atomic mass is 10.0. The van der Waals surface area contributed by atoms with Crippen molar-refractivity contribution in [2.75, 3.05) is 13.2 Å². The number of alkyl halides is 3. The quantitative estimate of drug-likeness (QED) is 0.228. The molecule has 0 spiro atoms. The standard InChI is InChI=1S/C27H27F3O3S/c1-4-32-26(31)16-33-25-13-12-23(15-24(25)18(2)3)34-17-19-6-5-7-21(14-19)20-8-10-22(11-9-20)27(28,29)30/h5-15,18H,4,16-17H2,1-3H3. The van der Waals surface area contributed by atoms with Crippen molar-refractivity contribution in [2.24, 2.45) is 0 Å². The minimum absolute atomic E-state index is 0.128. The molecule has 0 heterocycles. The van der Waals surface area contributed by atoms with Crippen LogP contribution in [0.5, 0.6) is 5.75 Å². The average molecular weight is 489 g/mol. The van der Waals surface area contributed by atoms with Crippen LogP contribution in [0, 0.1) is 0 Å². The first-order valence-electron chi connectivity index (χ1n) is 11.0. The van der Waals surface area contributed by atoms with Gasteiger partial charge in [0.2, 0.25) is 0 Å². The molecule has 0 amide bonds. The molecule has 0 aliphatic rings. The second-order valence-corrected chi connectivity index (χ2v) is 9.06. The van der Waals surface area contributed by atoms with Gasteiger partial charge in [-0.05, 0) is 65.4 Å². The molecular weight excluding hydrogens is 461 g/mol. The van der Waals surface area contributed by atoms with Crippen LogP contribution < -0.4 is 4.74 Å². The summed E-state index contributed by atoms with van der Waals surface area (Å²) in [5.41, 5.74) is 3.03. The zero-order chi connectivity index (χ0) is 24.7. The second kappa shape index (κ2) is 11.5. The summed E-state index contributed by atoms with van der Waals surface area (Å²) in [5.74, 6) is 1.18. The molecular formula is C27H27F3O3S. The first-order chi connectivity index (χ1) is 16.2. The molecule has 0 atom stereocenters. The van der Waals surface area contributed by atoms with Crippen LogP contribution in [-0.2, 0) is 21.5 Å². The number of hydrogen-bond acceptors (Lipinski definition) is 4. The van der Waals surface area contributed by atoms with Crippen molar-refractivity contribution >= 4 is 17.7 Å². The Morgan fingerprint density at radius 3 is 2.35 bits per heavy atom. The zero-order valence-corrected chi connectivity index (χ0v) is 20.1. The first-order valence-corrected chi connectivity index (χ1v) is 12.0. The molecule has 0 saturated heterocycles. The average Bonchev–Trinajstić information content (AvgIpc) is 2.81. The van der Waals surface area contributed by atoms with Gasteiger partial charge in [0.15, 0.2) is 6.61 Å². The fraction of sp³-hybridized carbons (Fsp3) is 0.296. The van der Waals surface area contributed by atoms with E-state index in [2.05, 4.69) is 19.9 Å². The third-order valence-electron chi connectivity index (χ3n) is 5.13. The number of benzene rings is 3. The molecule has 0 fully saturated rings. The van der Waals surface area contributed by atoms with Gasteiger partial charge in [-0.25, -0.2) is 4.79 Å². The van der Waals surface area contributed by atoms with Crippen molar-refractivity contribution < 1.29 is 27.4 Å². The van der Waals surface area contributed by atoms with Crippen LogP contribution >= 0.6 is 11.8 Å². The Bertz CT molecular complexity index is 1110. The van der Waals surface area contributed by atoms with Crippen molar-refractivity contribution in [1.29, 1.82) is 0 Å². The SMILES string of the molecule is CCOC(=O)COc1ccc(SCc2cccc(-c3ccc(C(F)(F)F)cc3)c2)cc1C(C)C. The summed E-state index contributed by atoms with van der Waals surface area (Å²) < 4.78 is 49.1. The first kappa shape index (κ1) is 25.7. The van der Waals surface area contributed by atoms with Gasteiger partial charge < -0.3 is 9.47 Å². The highest BCUT2D eigenvalue weighted by molar-refractivity contribution is 7.98. The predicted molar refractivity (Wildman–Crippen MR) is 129 cm³/mol. The molecule has 3 aromatic carbocycles. The number of esters is 1. The Labute approximate surface area is 202 Å². The Balaban J connectivity index is 1.69. The lowest BCUT2D eigenvalue weighted by Crippen LogP contribution is -2.15. The lowest BCUT2D eigenvalue weighted by Gasteiger charge is -2.15. The van der Waals surface area contributed by atoms with Gasteiger partial charge >= 0.3 is 12.1 Å². The second-order valence-electron chi connectivity index (χ2n) is 8.01. The maximum absolute atomic E-state index is 12.8. The number of ether oxygens (including phenoxy) is 2. The number of carbonyl (C=O) groups is 1. The minimum Gasteiger partial charge on any atom is -0.482 e. The molecule has 0 aliphatic heterocycles. The fourth-order valence-corrected chi connectivity index (χ4v) is 4.28. The van der Waals surface area contributed by atoms with Crippen molar-refractivity contribution in [2.45, 2.75) is 43.5 Å². The normalized spacial score (nSPS) is 11.5. The van der Waals surface area contributed by atoms with Gasteiger partial charge in [0, 0.05) is 10.6 Å². The van der Waals surface area contributed by atoms with Gasteiger partial charge in [-0.15, -0.1) is 11.8 Å². The number of thioether (sulfide) groups is 1. The van der Waals surface area contributed by atoms with E-state index in [0.29, 0.717) is 18.1 Å². The highest BCUT2D eigenvalue weighted by Crippen LogP contribution is 2.34. The number of hydrogen-bond donors (Lipinski definition) is 0. The van der Waals surface area contributed by atoms with Crippen LogP contribution in [0.1, 0.15) is 43.4 Å². The Morgan fingerprint density at radius 1 is 0.971 bits per heavy atom. The smallest absolute Gasteiger partial charge is 0.416 e. The topological polar surface area (TPSA) is 35.5 Å². The van der Waals surface area contributed by atoms with Gasteiger partial charge in [0.05, 0.1) is 12.2 Å². The van der Waals surface area contributed by atoms with E-state index in [9.17, 15) is 18.0 Å². The van der Waals surface area contributed by atoms with E-state index in [1.807, 2.05) is 36.4 Å². The number of carbonyl (C=O) groups excluding carboxylic acids is 1. The van der Waals surface area contributed by atoms with Gasteiger partial charge in [-0.3, -0.25) is 0 Å². The summed E-state index contributed by atoms with van der Waals surface area (Å²) in [7, 11) is 0. The van der Waals surface area contributed by atoms with Crippen LogP contribution in [0.25, 0.3) is 11.1 Å². The van der Waals surface area contributed by atoms with E-state index >= 15 is 0 Å². The summed E-state index contributed by atoms with van der Waals surface area (Å²) in [5, 5.41) is 0. The molecule has 0 aliphatic carbocycles. The third-order valence-corrected chi connectivity index (χ3v) is 6.20. The summed E-state index contributed by atoms with van der Waals surface area (Å²) in [6.07, 6.45) is -4.34. The molecule has 34 heavy (non-hydrogen) atoms. The van der Waals surface area contributed by atoms with Crippen molar-refractivity contribution in [3.63, 3.8) is 0 Å². The molecule has 0 N–H and O–H groups in total. The van der Waals surface area contributed by atoms with E-state index in [4.69, 9.17) is 9.47 Å². The Kier molecular flexibility index (Phi) is 8.67. The molecule has 0 unspecified atom stereocenters. The maximum Gasteiger partial charge on any atom is 0.416 e. The molecule has 0 aromatic heterocycles. The lowest BCUT2D eigenvalue weighted by molar-refractivity contribution is -0.145. The van der Waals surface area contributed by atoms with Crippen LogP contribution in [-0.4, -0.2) is 19.2 Å². The molecule has 180 valence electrons. The van der Waals surface area contributed by atoms with E-state index in [0.717, 1.165) is 39.3 Å². The van der Waals surface area contributed by atoms with E-state index in [-0.39, 0.29) is 12.5 Å². The van der Waals surface area contributed by atoms with Crippen LogP contribution in [0.3, 0.4) is 0 Å². The molecule has 7 heteroatoms. The molecule has 3 rings (SSSR count). The van der Waals surface area contributed by atoms with Gasteiger partial charge in [0.25, 0.3) is 0 Å². The zero-order valence-electron chi connectivity index (χ0n) is 19.3. The van der Waals surface area contributed by atoms with Gasteiger partial charge in [-0.1, -0.05) is 50.2 Å². The van der Waals surface area contributed by atoms with Crippen molar-refractivity contribution in [3.05, 3.63) is 83.4 Å². The highest BCUT2D eigenvalue weighted by Gasteiger charge is 2.29. The van der Waals surface area contributed by atoms with Gasteiger partial charge in [0.1, 0.15) is 5.75 Å². The number of halogens is 3. The highest BCUT2D eigenvalue weighted by atomic mass is 32.2. The van der Waals surface area contributed by atoms with E-state index in [1.165, 1.54) is 12.1 Å². The van der Waals surface area contributed by atoms with E-state index in [1.54, 1.807) is 18.7 Å². The maximum atomic E-state index is 12.8. The Morgan fingerprint density at radius 2 is 1.71 bits per heavy atom. The summed E-state index contributed by atoms with van der Waals surface area (Å²) in [4.78, 5) is 12.7. The minimum atomic E-state index is -4.34. The summed E-state index contributed by atoms with van der Waals surface area (Å²) in [6.45, 7) is 6.07. The van der Waals surface area contributed by atoms with Crippen LogP contribution in [0.4, 0.5) is 13.2 Å². The predicted octanol–water partition coefficient (Wildman–Crippen LogP) is 7.73. The fourth-order valence-electron chi connectivity index (χ4n) is 3.40. The van der Waals surface area contributed by atoms with Gasteiger partial charge in [-0.2, -0.15) is 13.2 Å². The van der Waals surface area contributed by atoms with Crippen LogP contribution in [0.2, 0.25) is 0 Å². The molecule has 0 bridgehead atoms. The molecule has 3 aromatic rings. The summed E-state index contributed by atoms with van der Waals surface area (Å²) >= 11 is 1.66. The molecule has 0 radical (unpaired) electrons. The van der Waals surface area contributed by atoms with Crippen molar-refractivity contribution in [3.8, 4) is 16.9 Å². The third kappa shape index (κ3) is 7.03. The molecule has 0 saturated carbocycles. The van der Waals surface area contributed by atoms with E-state index < -0.39 is 17.7 Å². The Hall–Kier alpha value is -2.93. The monoisotopic (exact) mass is 488 g/mol. The summed E-state index contributed by atoms with van der Waals surface area (Å²) in [6, 6.07) is 18.9.